The molecule has 1 heterocycles. The molecular weight excluding hydrogens is 264 g/mol. The van der Waals surface area contributed by atoms with Crippen LogP contribution in [0.1, 0.15) is 58.3 Å². The van der Waals surface area contributed by atoms with Crippen LogP contribution in [0.2, 0.25) is 0 Å². The van der Waals surface area contributed by atoms with Gasteiger partial charge in [0.15, 0.2) is 11.4 Å². The maximum atomic E-state index is 12.1. The summed E-state index contributed by atoms with van der Waals surface area (Å²) >= 11 is 0. The van der Waals surface area contributed by atoms with Crippen molar-refractivity contribution in [2.75, 3.05) is 0 Å². The molecule has 0 N–H and O–H groups in total. The third-order valence-electron chi connectivity index (χ3n) is 5.60. The van der Waals surface area contributed by atoms with Gasteiger partial charge in [0.25, 0.3) is 0 Å². The van der Waals surface area contributed by atoms with E-state index >= 15 is 0 Å². The summed E-state index contributed by atoms with van der Waals surface area (Å²) in [5.74, 6) is 0.420. The van der Waals surface area contributed by atoms with Crippen LogP contribution in [-0.2, 0) is 14.3 Å². The molecule has 2 fully saturated rings. The minimum Gasteiger partial charge on any atom is -0.450 e. The molecule has 0 radical (unpaired) electrons. The number of ketones is 1. The number of hydrogen-bond acceptors (Lipinski definition) is 3. The fraction of sp³-hybridized carbons (Fsp3) is 0.667. The lowest BCUT2D eigenvalue weighted by Gasteiger charge is -2.48. The smallest absolute Gasteiger partial charge is 0.307 e. The minimum absolute atomic E-state index is 0.00356. The SMILES string of the molecule is CC(=O)/C=C/[C@]12C=CCC[C@@]1(C1CCCCC1)CC(=O)O2. The van der Waals surface area contributed by atoms with E-state index in [4.69, 9.17) is 4.74 Å². The Kier molecular flexibility index (Phi) is 3.76. The maximum Gasteiger partial charge on any atom is 0.307 e. The summed E-state index contributed by atoms with van der Waals surface area (Å²) in [5.41, 5.74) is -0.818. The molecule has 2 atom stereocenters. The summed E-state index contributed by atoms with van der Waals surface area (Å²) in [7, 11) is 0. The molecule has 3 heteroatoms. The average Bonchev–Trinajstić information content (AvgIpc) is 2.79. The van der Waals surface area contributed by atoms with Crippen molar-refractivity contribution in [3.8, 4) is 0 Å². The van der Waals surface area contributed by atoms with Crippen molar-refractivity contribution in [1.82, 2.24) is 0 Å². The number of ether oxygens (including phenoxy) is 1. The highest BCUT2D eigenvalue weighted by molar-refractivity contribution is 5.88. The van der Waals surface area contributed by atoms with Gasteiger partial charge in [-0.15, -0.1) is 0 Å². The Morgan fingerprint density at radius 2 is 2.10 bits per heavy atom. The first kappa shape index (κ1) is 14.6. The topological polar surface area (TPSA) is 43.4 Å². The van der Waals surface area contributed by atoms with E-state index in [2.05, 4.69) is 6.08 Å². The van der Waals surface area contributed by atoms with Gasteiger partial charge in [0.1, 0.15) is 0 Å². The lowest BCUT2D eigenvalue weighted by Crippen LogP contribution is -2.49. The zero-order chi connectivity index (χ0) is 14.9. The molecule has 1 aliphatic heterocycles. The highest BCUT2D eigenvalue weighted by Crippen LogP contribution is 2.59. The first-order chi connectivity index (χ1) is 10.1. The van der Waals surface area contributed by atoms with Crippen molar-refractivity contribution < 1.29 is 14.3 Å². The van der Waals surface area contributed by atoms with Crippen LogP contribution < -0.4 is 0 Å². The molecule has 0 aromatic carbocycles. The van der Waals surface area contributed by atoms with Gasteiger partial charge in [-0.1, -0.05) is 25.3 Å². The van der Waals surface area contributed by atoms with Gasteiger partial charge in [-0.3, -0.25) is 9.59 Å². The van der Waals surface area contributed by atoms with Crippen LogP contribution in [0.3, 0.4) is 0 Å². The molecule has 3 nitrogen and oxygen atoms in total. The van der Waals surface area contributed by atoms with E-state index in [1.807, 2.05) is 12.2 Å². The van der Waals surface area contributed by atoms with E-state index in [1.165, 1.54) is 32.1 Å². The van der Waals surface area contributed by atoms with E-state index in [-0.39, 0.29) is 17.2 Å². The summed E-state index contributed by atoms with van der Waals surface area (Å²) in [5, 5.41) is 0. The van der Waals surface area contributed by atoms with Crippen LogP contribution in [0.4, 0.5) is 0 Å². The molecule has 0 aromatic rings. The van der Waals surface area contributed by atoms with Gasteiger partial charge in [0.2, 0.25) is 0 Å². The summed E-state index contributed by atoms with van der Waals surface area (Å²) in [6, 6.07) is 0. The van der Waals surface area contributed by atoms with Gasteiger partial charge in [-0.05, 0) is 56.8 Å². The summed E-state index contributed by atoms with van der Waals surface area (Å²) in [6.07, 6.45) is 16.2. The van der Waals surface area contributed by atoms with E-state index in [1.54, 1.807) is 13.0 Å². The van der Waals surface area contributed by atoms with Crippen LogP contribution in [0.25, 0.3) is 0 Å². The number of carbonyl (C=O) groups is 2. The van der Waals surface area contributed by atoms with Crippen molar-refractivity contribution in [1.29, 1.82) is 0 Å². The molecule has 0 aromatic heterocycles. The van der Waals surface area contributed by atoms with Gasteiger partial charge in [0, 0.05) is 5.41 Å². The Hall–Kier alpha value is -1.38. The molecule has 0 spiro atoms. The number of esters is 1. The maximum absolute atomic E-state index is 12.1. The Balaban J connectivity index is 2.02. The molecule has 3 rings (SSSR count). The Morgan fingerprint density at radius 3 is 2.81 bits per heavy atom. The monoisotopic (exact) mass is 288 g/mol. The summed E-state index contributed by atoms with van der Waals surface area (Å²) in [4.78, 5) is 23.5. The van der Waals surface area contributed by atoms with E-state index in [9.17, 15) is 9.59 Å². The summed E-state index contributed by atoms with van der Waals surface area (Å²) in [6.45, 7) is 1.54. The highest BCUT2D eigenvalue weighted by Gasteiger charge is 2.61. The number of carbonyl (C=O) groups excluding carboxylic acids is 2. The van der Waals surface area contributed by atoms with Crippen LogP contribution in [0.5, 0.6) is 0 Å². The first-order valence-corrected chi connectivity index (χ1v) is 8.17. The lowest BCUT2D eigenvalue weighted by molar-refractivity contribution is -0.144. The standard InChI is InChI=1S/C18H24O3/c1-14(19)9-12-18-11-6-5-10-17(18,13-16(20)21-18)15-7-3-2-4-8-15/h6,9,11-12,15H,2-5,7-8,10,13H2,1H3/b12-9+/t17-,18+/m0/s1. The van der Waals surface area contributed by atoms with Crippen molar-refractivity contribution in [2.45, 2.75) is 63.9 Å². The zero-order valence-electron chi connectivity index (χ0n) is 12.8. The van der Waals surface area contributed by atoms with Gasteiger partial charge in [-0.25, -0.2) is 0 Å². The fourth-order valence-corrected chi connectivity index (χ4v) is 4.62. The Labute approximate surface area is 126 Å². The predicted octanol–water partition coefficient (Wildman–Crippen LogP) is 3.73. The number of allylic oxidation sites excluding steroid dienone is 2. The zero-order valence-corrected chi connectivity index (χ0v) is 12.8. The van der Waals surface area contributed by atoms with Crippen LogP contribution in [0.15, 0.2) is 24.3 Å². The molecule has 0 unspecified atom stereocenters. The van der Waals surface area contributed by atoms with Crippen LogP contribution >= 0.6 is 0 Å². The first-order valence-electron chi connectivity index (χ1n) is 8.17. The van der Waals surface area contributed by atoms with Gasteiger partial charge >= 0.3 is 5.97 Å². The second-order valence-electron chi connectivity index (χ2n) is 6.82. The molecule has 3 aliphatic rings. The normalized spacial score (nSPS) is 36.7. The predicted molar refractivity (Wildman–Crippen MR) is 80.6 cm³/mol. The van der Waals surface area contributed by atoms with Crippen molar-refractivity contribution in [2.24, 2.45) is 11.3 Å². The van der Waals surface area contributed by atoms with Crippen molar-refractivity contribution >= 4 is 11.8 Å². The minimum atomic E-state index is -0.685. The Morgan fingerprint density at radius 1 is 1.33 bits per heavy atom. The van der Waals surface area contributed by atoms with E-state index in [0.717, 1.165) is 12.8 Å². The average molecular weight is 288 g/mol. The largest absolute Gasteiger partial charge is 0.450 e. The van der Waals surface area contributed by atoms with Crippen molar-refractivity contribution in [3.63, 3.8) is 0 Å². The molecule has 0 amide bonds. The van der Waals surface area contributed by atoms with Gasteiger partial charge in [0.05, 0.1) is 6.42 Å². The fourth-order valence-electron chi connectivity index (χ4n) is 4.62. The van der Waals surface area contributed by atoms with Gasteiger partial charge < -0.3 is 4.74 Å². The number of hydrogen-bond donors (Lipinski definition) is 0. The molecule has 1 saturated carbocycles. The molecule has 1 saturated heterocycles. The Bertz CT molecular complexity index is 499. The van der Waals surface area contributed by atoms with E-state index < -0.39 is 5.60 Å². The third-order valence-corrected chi connectivity index (χ3v) is 5.60. The molecule has 21 heavy (non-hydrogen) atoms. The van der Waals surface area contributed by atoms with Crippen LogP contribution in [-0.4, -0.2) is 17.4 Å². The second kappa shape index (κ2) is 5.43. The van der Waals surface area contributed by atoms with Crippen molar-refractivity contribution in [3.05, 3.63) is 24.3 Å². The molecule has 114 valence electrons. The van der Waals surface area contributed by atoms with E-state index in [0.29, 0.717) is 12.3 Å². The number of fused-ring (bicyclic) bond motifs is 1. The third kappa shape index (κ3) is 2.37. The molecule has 0 bridgehead atoms. The number of rotatable bonds is 3. The summed E-state index contributed by atoms with van der Waals surface area (Å²) < 4.78 is 5.80. The highest BCUT2D eigenvalue weighted by atomic mass is 16.6. The van der Waals surface area contributed by atoms with Gasteiger partial charge in [-0.2, -0.15) is 0 Å². The molecule has 2 aliphatic carbocycles. The quantitative estimate of drug-likeness (QED) is 0.451. The second-order valence-corrected chi connectivity index (χ2v) is 6.82. The van der Waals surface area contributed by atoms with Crippen LogP contribution in [0, 0.1) is 11.3 Å². The lowest BCUT2D eigenvalue weighted by atomic mass is 9.56. The molecular formula is C18H24O3.